The fraction of sp³-hybridized carbons (Fsp3) is 0.222. The Kier molecular flexibility index (Phi) is 3.98. The van der Waals surface area contributed by atoms with Crippen LogP contribution < -0.4 is 5.32 Å². The molecule has 0 saturated heterocycles. The predicted octanol–water partition coefficient (Wildman–Crippen LogP) is 3.87. The lowest BCUT2D eigenvalue weighted by atomic mass is 9.89. The zero-order valence-corrected chi connectivity index (χ0v) is 14.4. The van der Waals surface area contributed by atoms with Gasteiger partial charge in [0.15, 0.2) is 5.60 Å². The molecule has 1 atom stereocenters. The molecule has 4 nitrogen and oxygen atoms in total. The molecular formula is C18H16BrNO3. The molecule has 118 valence electrons. The lowest BCUT2D eigenvalue weighted by Crippen LogP contribution is -2.49. The number of halogens is 1. The summed E-state index contributed by atoms with van der Waals surface area (Å²) in [5.74, 6) is -0.789. The summed E-state index contributed by atoms with van der Waals surface area (Å²) < 4.78 is 6.38. The summed E-state index contributed by atoms with van der Waals surface area (Å²) in [5, 5.41) is 2.86. The Balaban J connectivity index is 1.86. The van der Waals surface area contributed by atoms with E-state index in [1.54, 1.807) is 19.1 Å². The molecule has 2 aromatic carbocycles. The van der Waals surface area contributed by atoms with Crippen LogP contribution in [0.3, 0.4) is 0 Å². The summed E-state index contributed by atoms with van der Waals surface area (Å²) in [4.78, 5) is 24.8. The van der Waals surface area contributed by atoms with Gasteiger partial charge in [-0.2, -0.15) is 0 Å². The number of hydrogen-bond donors (Lipinski definition) is 1. The molecule has 1 N–H and O–H groups in total. The summed E-state index contributed by atoms with van der Waals surface area (Å²) in [7, 11) is 0. The number of fused-ring (bicyclic) bond motifs is 1. The van der Waals surface area contributed by atoms with Gasteiger partial charge in [-0.05, 0) is 49.2 Å². The van der Waals surface area contributed by atoms with Gasteiger partial charge in [-0.15, -0.1) is 0 Å². The van der Waals surface area contributed by atoms with Gasteiger partial charge in [0.05, 0.1) is 5.56 Å². The van der Waals surface area contributed by atoms with Gasteiger partial charge < -0.3 is 10.1 Å². The average Bonchev–Trinajstić information content (AvgIpc) is 2.50. The van der Waals surface area contributed by atoms with E-state index in [4.69, 9.17) is 4.74 Å². The normalized spacial score (nSPS) is 19.7. The molecule has 0 fully saturated rings. The third kappa shape index (κ3) is 3.01. The second-order valence-corrected chi connectivity index (χ2v) is 6.78. The topological polar surface area (TPSA) is 55.4 Å². The maximum Gasteiger partial charge on any atom is 0.339 e. The molecule has 2 aromatic rings. The van der Waals surface area contributed by atoms with Crippen LogP contribution in [0.1, 0.15) is 28.4 Å². The van der Waals surface area contributed by atoms with E-state index >= 15 is 0 Å². The first kappa shape index (κ1) is 15.7. The minimum atomic E-state index is -1.22. The SMILES string of the molecule is Cc1cc(Br)ccc1NC(=O)C1(C)Cc2ccccc2C(=O)O1. The number of hydrogen-bond acceptors (Lipinski definition) is 3. The quantitative estimate of drug-likeness (QED) is 0.812. The molecule has 0 aromatic heterocycles. The molecule has 5 heteroatoms. The van der Waals surface area contributed by atoms with Gasteiger partial charge in [0.1, 0.15) is 0 Å². The Morgan fingerprint density at radius 1 is 1.26 bits per heavy atom. The zero-order chi connectivity index (χ0) is 16.6. The van der Waals surface area contributed by atoms with Crippen LogP contribution in [0.2, 0.25) is 0 Å². The second kappa shape index (κ2) is 5.81. The van der Waals surface area contributed by atoms with Crippen molar-refractivity contribution in [3.8, 4) is 0 Å². The number of aryl methyl sites for hydroxylation is 1. The molecule has 1 aliphatic rings. The number of rotatable bonds is 2. The van der Waals surface area contributed by atoms with Crippen LogP contribution in [0.15, 0.2) is 46.9 Å². The Labute approximate surface area is 143 Å². The average molecular weight is 374 g/mol. The summed E-state index contributed by atoms with van der Waals surface area (Å²) in [6.07, 6.45) is 0.357. The summed E-state index contributed by atoms with van der Waals surface area (Å²) in [6.45, 7) is 3.55. The molecule has 0 saturated carbocycles. The Bertz CT molecular complexity index is 803. The summed E-state index contributed by atoms with van der Waals surface area (Å²) >= 11 is 3.39. The van der Waals surface area contributed by atoms with Crippen LogP contribution in [0.25, 0.3) is 0 Å². The first-order valence-electron chi connectivity index (χ1n) is 7.28. The maximum atomic E-state index is 12.7. The first-order chi connectivity index (χ1) is 10.9. The van der Waals surface area contributed by atoms with Crippen LogP contribution in [0.5, 0.6) is 0 Å². The van der Waals surface area contributed by atoms with Crippen molar-refractivity contribution in [3.63, 3.8) is 0 Å². The van der Waals surface area contributed by atoms with Gasteiger partial charge in [0.2, 0.25) is 0 Å². The standard InChI is InChI=1S/C18H16BrNO3/c1-11-9-13(19)7-8-15(11)20-17(22)18(2)10-12-5-3-4-6-14(12)16(21)23-18/h3-9H,10H2,1-2H3,(H,20,22). The first-order valence-corrected chi connectivity index (χ1v) is 8.07. The smallest absolute Gasteiger partial charge is 0.339 e. The molecule has 3 rings (SSSR count). The van der Waals surface area contributed by atoms with Crippen LogP contribution in [0.4, 0.5) is 5.69 Å². The van der Waals surface area contributed by atoms with Crippen molar-refractivity contribution in [2.45, 2.75) is 25.9 Å². The van der Waals surface area contributed by atoms with E-state index in [0.29, 0.717) is 17.7 Å². The van der Waals surface area contributed by atoms with E-state index in [2.05, 4.69) is 21.2 Å². The predicted molar refractivity (Wildman–Crippen MR) is 91.5 cm³/mol. The largest absolute Gasteiger partial charge is 0.445 e. The summed E-state index contributed by atoms with van der Waals surface area (Å²) in [5.41, 5.74) is 1.77. The Morgan fingerprint density at radius 3 is 2.74 bits per heavy atom. The Morgan fingerprint density at radius 2 is 2.00 bits per heavy atom. The van der Waals surface area contributed by atoms with E-state index < -0.39 is 11.6 Å². The lowest BCUT2D eigenvalue weighted by Gasteiger charge is -2.33. The lowest BCUT2D eigenvalue weighted by molar-refractivity contribution is -0.134. The maximum absolute atomic E-state index is 12.7. The highest BCUT2D eigenvalue weighted by molar-refractivity contribution is 9.10. The number of benzene rings is 2. The van der Waals surface area contributed by atoms with Gasteiger partial charge in [0, 0.05) is 16.6 Å². The summed E-state index contributed by atoms with van der Waals surface area (Å²) in [6, 6.07) is 12.8. The third-order valence-electron chi connectivity index (χ3n) is 4.00. The molecule has 1 amide bonds. The third-order valence-corrected chi connectivity index (χ3v) is 4.49. The van der Waals surface area contributed by atoms with Gasteiger partial charge >= 0.3 is 5.97 Å². The molecule has 1 unspecified atom stereocenters. The molecule has 1 aliphatic heterocycles. The monoisotopic (exact) mass is 373 g/mol. The van der Waals surface area contributed by atoms with Crippen molar-refractivity contribution in [2.24, 2.45) is 0 Å². The number of esters is 1. The van der Waals surface area contributed by atoms with E-state index in [1.165, 1.54) is 0 Å². The fourth-order valence-corrected chi connectivity index (χ4v) is 3.16. The number of nitrogens with one attached hydrogen (secondary N) is 1. The highest BCUT2D eigenvalue weighted by Crippen LogP contribution is 2.30. The highest BCUT2D eigenvalue weighted by Gasteiger charge is 2.42. The van der Waals surface area contributed by atoms with E-state index in [-0.39, 0.29) is 5.91 Å². The fourth-order valence-electron chi connectivity index (χ4n) is 2.68. The van der Waals surface area contributed by atoms with Crippen molar-refractivity contribution in [2.75, 3.05) is 5.32 Å². The van der Waals surface area contributed by atoms with Gasteiger partial charge in [0.25, 0.3) is 5.91 Å². The van der Waals surface area contributed by atoms with Gasteiger partial charge in [-0.25, -0.2) is 4.79 Å². The van der Waals surface area contributed by atoms with Gasteiger partial charge in [-0.3, -0.25) is 4.79 Å². The second-order valence-electron chi connectivity index (χ2n) is 5.87. The van der Waals surface area contributed by atoms with Crippen molar-refractivity contribution in [3.05, 3.63) is 63.6 Å². The van der Waals surface area contributed by atoms with Crippen LogP contribution in [-0.4, -0.2) is 17.5 Å². The van der Waals surface area contributed by atoms with Crippen molar-refractivity contribution >= 4 is 33.5 Å². The molecule has 1 heterocycles. The number of carbonyl (C=O) groups is 2. The zero-order valence-electron chi connectivity index (χ0n) is 12.9. The van der Waals surface area contributed by atoms with Crippen LogP contribution >= 0.6 is 15.9 Å². The number of anilines is 1. The molecule has 23 heavy (non-hydrogen) atoms. The van der Waals surface area contributed by atoms with Crippen molar-refractivity contribution in [1.29, 1.82) is 0 Å². The number of amides is 1. The molecule has 0 spiro atoms. The van der Waals surface area contributed by atoms with E-state index in [1.807, 2.05) is 37.3 Å². The van der Waals surface area contributed by atoms with E-state index in [0.717, 1.165) is 15.6 Å². The number of ether oxygens (including phenoxy) is 1. The van der Waals surface area contributed by atoms with Crippen molar-refractivity contribution in [1.82, 2.24) is 0 Å². The minimum Gasteiger partial charge on any atom is -0.445 e. The molecule has 0 radical (unpaired) electrons. The highest BCUT2D eigenvalue weighted by atomic mass is 79.9. The minimum absolute atomic E-state index is 0.328. The van der Waals surface area contributed by atoms with Crippen LogP contribution in [0, 0.1) is 6.92 Å². The number of cyclic esters (lactones) is 1. The molecule has 0 aliphatic carbocycles. The number of carbonyl (C=O) groups excluding carboxylic acids is 2. The van der Waals surface area contributed by atoms with Crippen molar-refractivity contribution < 1.29 is 14.3 Å². The molecular weight excluding hydrogens is 358 g/mol. The van der Waals surface area contributed by atoms with Gasteiger partial charge in [-0.1, -0.05) is 34.1 Å². The Hall–Kier alpha value is -2.14. The van der Waals surface area contributed by atoms with E-state index in [9.17, 15) is 9.59 Å². The molecule has 0 bridgehead atoms. The van der Waals surface area contributed by atoms with Crippen LogP contribution in [-0.2, 0) is 16.0 Å².